The molecule has 0 aromatic heterocycles. The number of nitrogens with one attached hydrogen (secondary N) is 2. The molecule has 0 aliphatic carbocycles. The molecule has 5 nitrogen and oxygen atoms in total. The van der Waals surface area contributed by atoms with E-state index < -0.39 is 6.10 Å². The summed E-state index contributed by atoms with van der Waals surface area (Å²) in [6.45, 7) is 4.92. The second-order valence-electron chi connectivity index (χ2n) is 5.89. The van der Waals surface area contributed by atoms with Crippen molar-refractivity contribution in [1.29, 1.82) is 0 Å². The normalized spacial score (nSPS) is 19.2. The number of nitrogens with zero attached hydrogens (tertiary/aromatic N) is 1. The molecule has 0 spiro atoms. The van der Waals surface area contributed by atoms with Crippen LogP contribution in [0.5, 0.6) is 0 Å². The zero-order chi connectivity index (χ0) is 17.0. The van der Waals surface area contributed by atoms with Crippen LogP contribution in [-0.2, 0) is 11.3 Å². The van der Waals surface area contributed by atoms with E-state index in [-0.39, 0.29) is 6.61 Å². The van der Waals surface area contributed by atoms with Crippen LogP contribution in [0, 0.1) is 0 Å². The highest BCUT2D eigenvalue weighted by atomic mass is 32.2. The van der Waals surface area contributed by atoms with Crippen LogP contribution in [0.4, 0.5) is 0 Å². The largest absolute Gasteiger partial charge is 0.389 e. The molecular weight excluding hydrogens is 322 g/mol. The highest BCUT2D eigenvalue weighted by Crippen LogP contribution is 2.25. The van der Waals surface area contributed by atoms with E-state index in [1.54, 1.807) is 0 Å². The maximum absolute atomic E-state index is 10.0. The standard InChI is InChI=1S/C18H29N3O2S/c1-2-19-18(21-12-17-9-6-10-24-17)20-11-16(22)14-23-13-15-7-4-3-5-8-15/h3-5,7-8,16-17,22H,2,6,9-14H2,1H3,(H2,19,20,21). The molecule has 1 saturated heterocycles. The second-order valence-corrected chi connectivity index (χ2v) is 7.30. The van der Waals surface area contributed by atoms with Gasteiger partial charge in [-0.3, -0.25) is 4.99 Å². The molecule has 1 aliphatic rings. The van der Waals surface area contributed by atoms with Crippen LogP contribution in [-0.4, -0.2) is 54.4 Å². The molecule has 1 aromatic carbocycles. The van der Waals surface area contributed by atoms with Crippen LogP contribution in [0.2, 0.25) is 0 Å². The number of hydrogen-bond acceptors (Lipinski definition) is 4. The van der Waals surface area contributed by atoms with Gasteiger partial charge < -0.3 is 20.5 Å². The van der Waals surface area contributed by atoms with Gasteiger partial charge in [0.05, 0.1) is 25.9 Å². The van der Waals surface area contributed by atoms with Gasteiger partial charge in [0.15, 0.2) is 5.96 Å². The topological polar surface area (TPSA) is 65.9 Å². The van der Waals surface area contributed by atoms with Gasteiger partial charge in [-0.05, 0) is 31.1 Å². The molecule has 1 heterocycles. The van der Waals surface area contributed by atoms with Crippen LogP contribution in [0.15, 0.2) is 35.3 Å². The number of aliphatic imine (C=N–C) groups is 1. The zero-order valence-electron chi connectivity index (χ0n) is 14.4. The van der Waals surface area contributed by atoms with Gasteiger partial charge in [-0.15, -0.1) is 0 Å². The van der Waals surface area contributed by atoms with Gasteiger partial charge in [-0.1, -0.05) is 30.3 Å². The molecule has 6 heteroatoms. The minimum absolute atomic E-state index is 0.288. The van der Waals surface area contributed by atoms with Crippen molar-refractivity contribution < 1.29 is 9.84 Å². The molecule has 1 aliphatic heterocycles. The fraction of sp³-hybridized carbons (Fsp3) is 0.611. The van der Waals surface area contributed by atoms with Gasteiger partial charge in [-0.2, -0.15) is 11.8 Å². The number of rotatable bonds is 9. The molecule has 0 bridgehead atoms. The van der Waals surface area contributed by atoms with E-state index in [0.29, 0.717) is 18.4 Å². The van der Waals surface area contributed by atoms with Crippen molar-refractivity contribution in [2.75, 3.05) is 32.0 Å². The first kappa shape index (κ1) is 19.1. The number of ether oxygens (including phenoxy) is 1. The first-order valence-electron chi connectivity index (χ1n) is 8.71. The third kappa shape index (κ3) is 7.55. The first-order valence-corrected chi connectivity index (χ1v) is 9.76. The molecule has 2 rings (SSSR count). The molecular formula is C18H29N3O2S. The van der Waals surface area contributed by atoms with Crippen molar-refractivity contribution in [1.82, 2.24) is 10.6 Å². The maximum Gasteiger partial charge on any atom is 0.191 e. The lowest BCUT2D eigenvalue weighted by Gasteiger charge is -2.15. The van der Waals surface area contributed by atoms with Gasteiger partial charge in [0.1, 0.15) is 0 Å². The molecule has 2 atom stereocenters. The van der Waals surface area contributed by atoms with Gasteiger partial charge >= 0.3 is 0 Å². The molecule has 24 heavy (non-hydrogen) atoms. The molecule has 0 saturated carbocycles. The SMILES string of the molecule is CCNC(=NCC(O)COCc1ccccc1)NCC1CCCS1. The van der Waals surface area contributed by atoms with E-state index in [1.807, 2.05) is 49.0 Å². The van der Waals surface area contributed by atoms with Crippen molar-refractivity contribution in [2.24, 2.45) is 4.99 Å². The molecule has 0 amide bonds. The lowest BCUT2D eigenvalue weighted by molar-refractivity contribution is 0.0331. The minimum Gasteiger partial charge on any atom is -0.389 e. The Bertz CT molecular complexity index is 478. The van der Waals surface area contributed by atoms with Gasteiger partial charge in [-0.25, -0.2) is 0 Å². The second kappa shape index (κ2) is 11.3. The van der Waals surface area contributed by atoms with E-state index in [4.69, 9.17) is 4.74 Å². The number of aliphatic hydroxyl groups is 1. The predicted molar refractivity (Wildman–Crippen MR) is 102 cm³/mol. The summed E-state index contributed by atoms with van der Waals surface area (Å²) < 4.78 is 5.55. The van der Waals surface area contributed by atoms with E-state index in [9.17, 15) is 5.11 Å². The lowest BCUT2D eigenvalue weighted by Crippen LogP contribution is -2.40. The summed E-state index contributed by atoms with van der Waals surface area (Å²) >= 11 is 2.02. The van der Waals surface area contributed by atoms with Crippen LogP contribution in [0.1, 0.15) is 25.3 Å². The summed E-state index contributed by atoms with van der Waals surface area (Å²) in [5.41, 5.74) is 1.11. The van der Waals surface area contributed by atoms with Crippen molar-refractivity contribution in [3.8, 4) is 0 Å². The molecule has 3 N–H and O–H groups in total. The van der Waals surface area contributed by atoms with E-state index in [0.717, 1.165) is 24.6 Å². The van der Waals surface area contributed by atoms with Gasteiger partial charge in [0, 0.05) is 18.3 Å². The number of hydrogen-bond donors (Lipinski definition) is 3. The molecule has 2 unspecified atom stereocenters. The van der Waals surface area contributed by atoms with Crippen molar-refractivity contribution in [3.05, 3.63) is 35.9 Å². The Morgan fingerprint density at radius 1 is 1.38 bits per heavy atom. The van der Waals surface area contributed by atoms with Crippen molar-refractivity contribution >= 4 is 17.7 Å². The van der Waals surface area contributed by atoms with E-state index >= 15 is 0 Å². The van der Waals surface area contributed by atoms with E-state index in [2.05, 4.69) is 15.6 Å². The summed E-state index contributed by atoms with van der Waals surface area (Å²) in [6, 6.07) is 9.97. The Morgan fingerprint density at radius 3 is 2.92 bits per heavy atom. The number of guanidine groups is 1. The highest BCUT2D eigenvalue weighted by molar-refractivity contribution is 8.00. The van der Waals surface area contributed by atoms with Crippen molar-refractivity contribution in [2.45, 2.75) is 37.7 Å². The average Bonchev–Trinajstić information content (AvgIpc) is 3.12. The molecule has 0 radical (unpaired) electrons. The quantitative estimate of drug-likeness (QED) is 0.469. The third-order valence-corrected chi connectivity index (χ3v) is 5.15. The Kier molecular flexibility index (Phi) is 9.02. The Morgan fingerprint density at radius 2 is 2.21 bits per heavy atom. The Labute approximate surface area is 149 Å². The summed E-state index contributed by atoms with van der Waals surface area (Å²) in [5.74, 6) is 2.03. The maximum atomic E-state index is 10.0. The van der Waals surface area contributed by atoms with Crippen LogP contribution < -0.4 is 10.6 Å². The molecule has 134 valence electrons. The van der Waals surface area contributed by atoms with Crippen LogP contribution >= 0.6 is 11.8 Å². The Hall–Kier alpha value is -1.24. The zero-order valence-corrected chi connectivity index (χ0v) is 15.2. The summed E-state index contributed by atoms with van der Waals surface area (Å²) in [4.78, 5) is 4.46. The van der Waals surface area contributed by atoms with E-state index in [1.165, 1.54) is 18.6 Å². The predicted octanol–water partition coefficient (Wildman–Crippen LogP) is 2.01. The average molecular weight is 352 g/mol. The fourth-order valence-electron chi connectivity index (χ4n) is 2.49. The third-order valence-electron chi connectivity index (χ3n) is 3.75. The summed E-state index contributed by atoms with van der Waals surface area (Å²) in [6.07, 6.45) is 1.99. The van der Waals surface area contributed by atoms with Gasteiger partial charge in [0.25, 0.3) is 0 Å². The summed E-state index contributed by atoms with van der Waals surface area (Å²) in [5, 5.41) is 17.3. The Balaban J connectivity index is 1.66. The van der Waals surface area contributed by atoms with Crippen LogP contribution in [0.3, 0.4) is 0 Å². The summed E-state index contributed by atoms with van der Waals surface area (Å²) in [7, 11) is 0. The minimum atomic E-state index is -0.593. The number of aliphatic hydroxyl groups excluding tert-OH is 1. The smallest absolute Gasteiger partial charge is 0.191 e. The monoisotopic (exact) mass is 351 g/mol. The molecule has 1 fully saturated rings. The highest BCUT2D eigenvalue weighted by Gasteiger charge is 2.15. The number of benzene rings is 1. The first-order chi connectivity index (χ1) is 11.8. The van der Waals surface area contributed by atoms with Crippen molar-refractivity contribution in [3.63, 3.8) is 0 Å². The number of thioether (sulfide) groups is 1. The fourth-order valence-corrected chi connectivity index (χ4v) is 3.70. The lowest BCUT2D eigenvalue weighted by atomic mass is 10.2. The van der Waals surface area contributed by atoms with Crippen LogP contribution in [0.25, 0.3) is 0 Å². The van der Waals surface area contributed by atoms with Gasteiger partial charge in [0.2, 0.25) is 0 Å². The molecule has 1 aromatic rings.